The minimum atomic E-state index is 0.454. The molecule has 0 spiro atoms. The van der Waals surface area contributed by atoms with Gasteiger partial charge in [-0.15, -0.1) is 0 Å². The lowest BCUT2D eigenvalue weighted by Gasteiger charge is -2.11. The Hall–Kier alpha value is -3.14. The quantitative estimate of drug-likeness (QED) is 0.673. The number of nitrogen functional groups attached to an aromatic ring is 2. The molecule has 3 aromatic carbocycles. The third-order valence-corrected chi connectivity index (χ3v) is 3.62. The van der Waals surface area contributed by atoms with Gasteiger partial charge in [0.25, 0.3) is 0 Å². The number of hydrogen-bond acceptors (Lipinski definition) is 4. The van der Waals surface area contributed by atoms with Crippen LogP contribution in [0.3, 0.4) is 0 Å². The fourth-order valence-corrected chi connectivity index (χ4v) is 2.36. The van der Waals surface area contributed by atoms with Gasteiger partial charge in [0.2, 0.25) is 0 Å². The van der Waals surface area contributed by atoms with Crippen LogP contribution in [0.2, 0.25) is 0 Å². The monoisotopic (exact) mass is 320 g/mol. The van der Waals surface area contributed by atoms with E-state index in [2.05, 4.69) is 6.07 Å². The van der Waals surface area contributed by atoms with Crippen LogP contribution in [0, 0.1) is 0 Å². The smallest absolute Gasteiger partial charge is 0.142 e. The SMILES string of the molecule is Nc1ccccc1OCc1cccc(COc2ccccc2N)c1. The Balaban J connectivity index is 1.62. The number of ether oxygens (including phenoxy) is 2. The van der Waals surface area contributed by atoms with Crippen molar-refractivity contribution in [2.45, 2.75) is 13.2 Å². The zero-order valence-electron chi connectivity index (χ0n) is 13.3. The molecule has 0 saturated carbocycles. The van der Waals surface area contributed by atoms with E-state index in [-0.39, 0.29) is 0 Å². The molecule has 3 rings (SSSR count). The molecule has 0 aliphatic carbocycles. The Morgan fingerprint density at radius 2 is 1.04 bits per heavy atom. The van der Waals surface area contributed by atoms with Crippen LogP contribution in [0.5, 0.6) is 11.5 Å². The number of benzene rings is 3. The summed E-state index contributed by atoms with van der Waals surface area (Å²) in [5.41, 5.74) is 15.2. The molecular weight excluding hydrogens is 300 g/mol. The lowest BCUT2D eigenvalue weighted by atomic mass is 10.1. The summed E-state index contributed by atoms with van der Waals surface area (Å²) in [4.78, 5) is 0. The van der Waals surface area contributed by atoms with Gasteiger partial charge in [0.05, 0.1) is 11.4 Å². The Bertz CT molecular complexity index is 753. The summed E-state index contributed by atoms with van der Waals surface area (Å²) in [6, 6.07) is 23.0. The summed E-state index contributed by atoms with van der Waals surface area (Å²) >= 11 is 0. The first-order chi connectivity index (χ1) is 11.7. The zero-order chi connectivity index (χ0) is 16.8. The maximum atomic E-state index is 5.88. The van der Waals surface area contributed by atoms with Crippen LogP contribution < -0.4 is 20.9 Å². The average molecular weight is 320 g/mol. The number of rotatable bonds is 6. The summed E-state index contributed by atoms with van der Waals surface area (Å²) in [6.45, 7) is 0.908. The van der Waals surface area contributed by atoms with Crippen molar-refractivity contribution in [3.63, 3.8) is 0 Å². The van der Waals surface area contributed by atoms with Crippen LogP contribution in [0.15, 0.2) is 72.8 Å². The van der Waals surface area contributed by atoms with Crippen LogP contribution in [-0.2, 0) is 13.2 Å². The van der Waals surface area contributed by atoms with Crippen molar-refractivity contribution in [2.75, 3.05) is 11.5 Å². The second-order valence-electron chi connectivity index (χ2n) is 5.47. The molecule has 0 aliphatic heterocycles. The van der Waals surface area contributed by atoms with E-state index in [4.69, 9.17) is 20.9 Å². The fraction of sp³-hybridized carbons (Fsp3) is 0.100. The molecule has 4 nitrogen and oxygen atoms in total. The highest BCUT2D eigenvalue weighted by Crippen LogP contribution is 2.23. The molecule has 0 aromatic heterocycles. The summed E-state index contributed by atoms with van der Waals surface area (Å²) in [5, 5.41) is 0. The van der Waals surface area contributed by atoms with Crippen LogP contribution in [0.25, 0.3) is 0 Å². The molecule has 3 aromatic rings. The number of para-hydroxylation sites is 4. The largest absolute Gasteiger partial charge is 0.487 e. The second-order valence-corrected chi connectivity index (χ2v) is 5.47. The average Bonchev–Trinajstić information content (AvgIpc) is 2.61. The number of hydrogen-bond donors (Lipinski definition) is 2. The van der Waals surface area contributed by atoms with Gasteiger partial charge in [-0.2, -0.15) is 0 Å². The first-order valence-electron chi connectivity index (χ1n) is 7.75. The molecule has 0 fully saturated rings. The first kappa shape index (κ1) is 15.7. The van der Waals surface area contributed by atoms with Crippen molar-refractivity contribution in [3.8, 4) is 11.5 Å². The molecule has 24 heavy (non-hydrogen) atoms. The number of nitrogens with two attached hydrogens (primary N) is 2. The third kappa shape index (κ3) is 3.98. The van der Waals surface area contributed by atoms with Crippen molar-refractivity contribution in [1.29, 1.82) is 0 Å². The molecule has 0 aliphatic rings. The summed E-state index contributed by atoms with van der Waals surface area (Å²) in [6.07, 6.45) is 0. The molecule has 0 heterocycles. The zero-order valence-corrected chi connectivity index (χ0v) is 13.3. The van der Waals surface area contributed by atoms with Crippen LogP contribution in [0.1, 0.15) is 11.1 Å². The van der Waals surface area contributed by atoms with Crippen molar-refractivity contribution in [1.82, 2.24) is 0 Å². The standard InChI is InChI=1S/C20H20N2O2/c21-17-8-1-3-10-19(17)23-13-15-6-5-7-16(12-15)14-24-20-11-4-2-9-18(20)22/h1-12H,13-14,21-22H2. The Kier molecular flexibility index (Phi) is 4.87. The van der Waals surface area contributed by atoms with Crippen molar-refractivity contribution < 1.29 is 9.47 Å². The molecule has 0 amide bonds. The van der Waals surface area contributed by atoms with E-state index in [0.717, 1.165) is 11.1 Å². The van der Waals surface area contributed by atoms with Gasteiger partial charge >= 0.3 is 0 Å². The van der Waals surface area contributed by atoms with Gasteiger partial charge in [0, 0.05) is 0 Å². The van der Waals surface area contributed by atoms with E-state index in [9.17, 15) is 0 Å². The summed E-state index contributed by atoms with van der Waals surface area (Å²) in [5.74, 6) is 1.38. The van der Waals surface area contributed by atoms with Gasteiger partial charge in [-0.1, -0.05) is 42.5 Å². The topological polar surface area (TPSA) is 70.5 Å². The van der Waals surface area contributed by atoms with Gasteiger partial charge in [0.15, 0.2) is 0 Å². The maximum Gasteiger partial charge on any atom is 0.142 e. The lowest BCUT2D eigenvalue weighted by Crippen LogP contribution is -2.01. The Morgan fingerprint density at radius 1 is 0.583 bits per heavy atom. The first-order valence-corrected chi connectivity index (χ1v) is 7.75. The normalized spacial score (nSPS) is 10.3. The molecule has 0 bridgehead atoms. The molecule has 122 valence electrons. The van der Waals surface area contributed by atoms with Crippen LogP contribution in [-0.4, -0.2) is 0 Å². The lowest BCUT2D eigenvalue weighted by molar-refractivity contribution is 0.301. The Labute approximate surface area is 141 Å². The van der Waals surface area contributed by atoms with Crippen LogP contribution >= 0.6 is 0 Å². The number of anilines is 2. The molecule has 4 heteroatoms. The highest BCUT2D eigenvalue weighted by atomic mass is 16.5. The highest BCUT2D eigenvalue weighted by Gasteiger charge is 2.03. The van der Waals surface area contributed by atoms with E-state index >= 15 is 0 Å². The minimum absolute atomic E-state index is 0.454. The second kappa shape index (κ2) is 7.42. The van der Waals surface area contributed by atoms with Gasteiger partial charge in [-0.25, -0.2) is 0 Å². The summed E-state index contributed by atoms with van der Waals surface area (Å²) < 4.78 is 11.5. The molecule has 4 N–H and O–H groups in total. The summed E-state index contributed by atoms with van der Waals surface area (Å²) in [7, 11) is 0. The fourth-order valence-electron chi connectivity index (χ4n) is 2.36. The predicted octanol–water partition coefficient (Wildman–Crippen LogP) is 4.01. The molecular formula is C20H20N2O2. The molecule has 0 saturated heterocycles. The maximum absolute atomic E-state index is 5.88. The van der Waals surface area contributed by atoms with E-state index in [1.54, 1.807) is 0 Å². The van der Waals surface area contributed by atoms with E-state index in [1.165, 1.54) is 0 Å². The van der Waals surface area contributed by atoms with E-state index < -0.39 is 0 Å². The van der Waals surface area contributed by atoms with Gasteiger partial charge < -0.3 is 20.9 Å². The van der Waals surface area contributed by atoms with Crippen molar-refractivity contribution >= 4 is 11.4 Å². The van der Waals surface area contributed by atoms with Gasteiger partial charge in [0.1, 0.15) is 24.7 Å². The molecule has 0 unspecified atom stereocenters. The third-order valence-electron chi connectivity index (χ3n) is 3.62. The van der Waals surface area contributed by atoms with Crippen LogP contribution in [0.4, 0.5) is 11.4 Å². The molecule has 0 atom stereocenters. The highest BCUT2D eigenvalue weighted by molar-refractivity contribution is 5.52. The van der Waals surface area contributed by atoms with E-state index in [1.807, 2.05) is 66.7 Å². The van der Waals surface area contributed by atoms with Gasteiger partial charge in [-0.05, 0) is 41.5 Å². The van der Waals surface area contributed by atoms with Crippen molar-refractivity contribution in [2.24, 2.45) is 0 Å². The predicted molar refractivity (Wildman–Crippen MR) is 96.8 cm³/mol. The van der Waals surface area contributed by atoms with Crippen molar-refractivity contribution in [3.05, 3.63) is 83.9 Å². The molecule has 0 radical (unpaired) electrons. The Morgan fingerprint density at radius 3 is 1.50 bits per heavy atom. The van der Waals surface area contributed by atoms with Gasteiger partial charge in [-0.3, -0.25) is 0 Å². The minimum Gasteiger partial charge on any atom is -0.487 e. The van der Waals surface area contributed by atoms with E-state index in [0.29, 0.717) is 36.1 Å².